The summed E-state index contributed by atoms with van der Waals surface area (Å²) in [5, 5.41) is 5.68. The molecule has 0 radical (unpaired) electrons. The maximum absolute atomic E-state index is 12.1. The Labute approximate surface area is 129 Å². The van der Waals surface area contributed by atoms with Crippen molar-refractivity contribution in [3.8, 4) is 0 Å². The highest BCUT2D eigenvalue weighted by atomic mass is 127. The van der Waals surface area contributed by atoms with Gasteiger partial charge in [-0.2, -0.15) is 5.10 Å². The number of benzene rings is 1. The Balaban J connectivity index is 2.11. The van der Waals surface area contributed by atoms with Gasteiger partial charge in [-0.3, -0.25) is 14.0 Å². The molecule has 3 rings (SSSR count). The van der Waals surface area contributed by atoms with Gasteiger partial charge in [-0.25, -0.2) is 4.98 Å². The van der Waals surface area contributed by atoms with Gasteiger partial charge in [0, 0.05) is 18.1 Å². The lowest BCUT2D eigenvalue weighted by atomic mass is 10.2. The van der Waals surface area contributed by atoms with E-state index in [0.29, 0.717) is 10.1 Å². The van der Waals surface area contributed by atoms with Gasteiger partial charge < -0.3 is 0 Å². The molecule has 0 saturated carbocycles. The first-order chi connectivity index (χ1) is 9.70. The second-order valence-corrected chi connectivity index (χ2v) is 5.62. The standard InChI is InChI=1S/C14H13IN4O/c1-2-19-13-6-4-3-5-10(13)12(17-19)8-18-9-16-7-11(15)14(18)20/h3-7,9H,2,8H2,1H3. The highest BCUT2D eigenvalue weighted by Crippen LogP contribution is 2.18. The van der Waals surface area contributed by atoms with Crippen molar-refractivity contribution in [3.05, 3.63) is 56.4 Å². The van der Waals surface area contributed by atoms with Gasteiger partial charge in [0.1, 0.15) is 0 Å². The molecule has 3 aromatic rings. The van der Waals surface area contributed by atoms with Gasteiger partial charge >= 0.3 is 0 Å². The van der Waals surface area contributed by atoms with Crippen molar-refractivity contribution in [2.24, 2.45) is 0 Å². The second kappa shape index (κ2) is 5.35. The normalized spacial score (nSPS) is 11.1. The van der Waals surface area contributed by atoms with Crippen LogP contribution in [-0.2, 0) is 13.1 Å². The van der Waals surface area contributed by atoms with Crippen LogP contribution in [0.1, 0.15) is 12.6 Å². The molecule has 0 aliphatic rings. The molecular formula is C14H13IN4O. The highest BCUT2D eigenvalue weighted by molar-refractivity contribution is 14.1. The molecular weight excluding hydrogens is 367 g/mol. The van der Waals surface area contributed by atoms with E-state index >= 15 is 0 Å². The van der Waals surface area contributed by atoms with E-state index in [1.54, 1.807) is 17.1 Å². The lowest BCUT2D eigenvalue weighted by molar-refractivity contribution is 0.642. The van der Waals surface area contributed by atoms with Crippen LogP contribution in [0.4, 0.5) is 0 Å². The predicted octanol–water partition coefficient (Wildman–Crippen LogP) is 2.27. The van der Waals surface area contributed by atoms with Crippen LogP contribution in [0.3, 0.4) is 0 Å². The van der Waals surface area contributed by atoms with Crippen molar-refractivity contribution in [3.63, 3.8) is 0 Å². The minimum absolute atomic E-state index is 0.0317. The molecule has 2 aromatic heterocycles. The second-order valence-electron chi connectivity index (χ2n) is 4.45. The predicted molar refractivity (Wildman–Crippen MR) is 85.7 cm³/mol. The van der Waals surface area contributed by atoms with Crippen LogP contribution in [0.2, 0.25) is 0 Å². The minimum Gasteiger partial charge on any atom is -0.292 e. The van der Waals surface area contributed by atoms with Crippen LogP contribution in [-0.4, -0.2) is 19.3 Å². The first-order valence-electron chi connectivity index (χ1n) is 6.35. The van der Waals surface area contributed by atoms with E-state index in [0.717, 1.165) is 23.1 Å². The smallest absolute Gasteiger partial charge is 0.267 e. The fourth-order valence-electron chi connectivity index (χ4n) is 2.25. The zero-order valence-corrected chi connectivity index (χ0v) is 13.1. The van der Waals surface area contributed by atoms with Crippen molar-refractivity contribution >= 4 is 33.5 Å². The summed E-state index contributed by atoms with van der Waals surface area (Å²) in [6.45, 7) is 3.30. The fourth-order valence-corrected chi connectivity index (χ4v) is 2.72. The van der Waals surface area contributed by atoms with Crippen molar-refractivity contribution in [1.29, 1.82) is 0 Å². The van der Waals surface area contributed by atoms with E-state index in [4.69, 9.17) is 0 Å². The maximum Gasteiger partial charge on any atom is 0.267 e. The van der Waals surface area contributed by atoms with E-state index in [1.165, 1.54) is 0 Å². The molecule has 0 aliphatic carbocycles. The van der Waals surface area contributed by atoms with Crippen molar-refractivity contribution in [1.82, 2.24) is 19.3 Å². The molecule has 2 heterocycles. The Kier molecular flexibility index (Phi) is 3.56. The minimum atomic E-state index is -0.0317. The average Bonchev–Trinajstić information content (AvgIpc) is 2.82. The summed E-state index contributed by atoms with van der Waals surface area (Å²) in [4.78, 5) is 16.1. The van der Waals surface area contributed by atoms with E-state index in [-0.39, 0.29) is 5.56 Å². The number of aromatic nitrogens is 4. The molecule has 5 nitrogen and oxygen atoms in total. The van der Waals surface area contributed by atoms with Crippen molar-refractivity contribution in [2.75, 3.05) is 0 Å². The van der Waals surface area contributed by atoms with Crippen LogP contribution < -0.4 is 5.56 Å². The molecule has 0 amide bonds. The molecule has 6 heteroatoms. The quantitative estimate of drug-likeness (QED) is 0.656. The zero-order chi connectivity index (χ0) is 14.1. The molecule has 0 atom stereocenters. The van der Waals surface area contributed by atoms with Crippen LogP contribution in [0, 0.1) is 3.57 Å². The summed E-state index contributed by atoms with van der Waals surface area (Å²) >= 11 is 2.00. The summed E-state index contributed by atoms with van der Waals surface area (Å²) in [7, 11) is 0. The van der Waals surface area contributed by atoms with Crippen LogP contribution in [0.5, 0.6) is 0 Å². The third-order valence-electron chi connectivity index (χ3n) is 3.21. The van der Waals surface area contributed by atoms with Gasteiger partial charge in [0.2, 0.25) is 0 Å². The third kappa shape index (κ3) is 2.24. The van der Waals surface area contributed by atoms with Gasteiger partial charge in [-0.15, -0.1) is 0 Å². The summed E-state index contributed by atoms with van der Waals surface area (Å²) in [6.07, 6.45) is 3.13. The Bertz CT molecular complexity index is 821. The topological polar surface area (TPSA) is 52.7 Å². The van der Waals surface area contributed by atoms with Crippen LogP contribution in [0.25, 0.3) is 10.9 Å². The number of nitrogens with zero attached hydrogens (tertiary/aromatic N) is 4. The van der Waals surface area contributed by atoms with E-state index in [9.17, 15) is 4.79 Å². The van der Waals surface area contributed by atoms with Gasteiger partial charge in [0.25, 0.3) is 5.56 Å². The Morgan fingerprint density at radius 3 is 2.90 bits per heavy atom. The average molecular weight is 380 g/mol. The largest absolute Gasteiger partial charge is 0.292 e. The lowest BCUT2D eigenvalue weighted by Crippen LogP contribution is -2.23. The molecule has 0 bridgehead atoms. The zero-order valence-electron chi connectivity index (χ0n) is 11.0. The SMILES string of the molecule is CCn1nc(Cn2cncc(I)c2=O)c2ccccc21. The van der Waals surface area contributed by atoms with Gasteiger partial charge in [-0.05, 0) is 35.6 Å². The Morgan fingerprint density at radius 2 is 2.10 bits per heavy atom. The van der Waals surface area contributed by atoms with Crippen molar-refractivity contribution < 1.29 is 0 Å². The number of para-hydroxylation sites is 1. The third-order valence-corrected chi connectivity index (χ3v) is 3.95. The van der Waals surface area contributed by atoms with Gasteiger partial charge in [0.05, 0.1) is 27.7 Å². The molecule has 0 N–H and O–H groups in total. The first-order valence-corrected chi connectivity index (χ1v) is 7.43. The summed E-state index contributed by atoms with van der Waals surface area (Å²) < 4.78 is 4.16. The Hall–Kier alpha value is -1.70. The number of aryl methyl sites for hydroxylation is 1. The molecule has 0 aliphatic heterocycles. The van der Waals surface area contributed by atoms with Gasteiger partial charge in [-0.1, -0.05) is 18.2 Å². The summed E-state index contributed by atoms with van der Waals surface area (Å²) in [5.74, 6) is 0. The molecule has 0 unspecified atom stereocenters. The molecule has 20 heavy (non-hydrogen) atoms. The maximum atomic E-state index is 12.1. The van der Waals surface area contributed by atoms with Crippen LogP contribution in [0.15, 0.2) is 41.6 Å². The first kappa shape index (κ1) is 13.3. The Morgan fingerprint density at radius 1 is 1.30 bits per heavy atom. The summed E-state index contributed by atoms with van der Waals surface area (Å²) in [6, 6.07) is 8.07. The van der Waals surface area contributed by atoms with Crippen molar-refractivity contribution in [2.45, 2.75) is 20.0 Å². The lowest BCUT2D eigenvalue weighted by Gasteiger charge is -2.03. The summed E-state index contributed by atoms with van der Waals surface area (Å²) in [5.41, 5.74) is 1.96. The van der Waals surface area contributed by atoms with E-state index < -0.39 is 0 Å². The van der Waals surface area contributed by atoms with E-state index in [2.05, 4.69) is 17.0 Å². The van der Waals surface area contributed by atoms with Gasteiger partial charge in [0.15, 0.2) is 0 Å². The fraction of sp³-hybridized carbons (Fsp3) is 0.214. The van der Waals surface area contributed by atoms with E-state index in [1.807, 2.05) is 51.5 Å². The number of hydrogen-bond acceptors (Lipinski definition) is 3. The monoisotopic (exact) mass is 380 g/mol. The molecule has 0 spiro atoms. The number of fused-ring (bicyclic) bond motifs is 1. The number of halogens is 1. The highest BCUT2D eigenvalue weighted by Gasteiger charge is 2.11. The molecule has 1 aromatic carbocycles. The molecule has 102 valence electrons. The number of hydrogen-bond donors (Lipinski definition) is 0. The van der Waals surface area contributed by atoms with Crippen LogP contribution >= 0.6 is 22.6 Å². The number of rotatable bonds is 3. The molecule has 0 saturated heterocycles. The molecule has 0 fully saturated rings.